The number of hydrogen-bond acceptors (Lipinski definition) is 5. The lowest BCUT2D eigenvalue weighted by Crippen LogP contribution is -2.40. The Hall–Kier alpha value is -1.57. The van der Waals surface area contributed by atoms with Crippen LogP contribution in [0, 0.1) is 0 Å². The van der Waals surface area contributed by atoms with Gasteiger partial charge in [-0.2, -0.15) is 13.2 Å². The van der Waals surface area contributed by atoms with Crippen LogP contribution < -0.4 is 0 Å². The number of rotatable bonds is 6. The van der Waals surface area contributed by atoms with Crippen molar-refractivity contribution in [1.82, 2.24) is 0 Å². The Labute approximate surface area is 101 Å². The van der Waals surface area contributed by atoms with Gasteiger partial charge in [-0.3, -0.25) is 9.53 Å². The Balaban J connectivity index is 4.43. The zero-order chi connectivity index (χ0) is 14.5. The van der Waals surface area contributed by atoms with Crippen LogP contribution in [-0.2, 0) is 23.8 Å². The van der Waals surface area contributed by atoms with E-state index >= 15 is 0 Å². The van der Waals surface area contributed by atoms with Crippen LogP contribution in [0.2, 0.25) is 0 Å². The summed E-state index contributed by atoms with van der Waals surface area (Å²) in [4.78, 5) is 21.3. The van der Waals surface area contributed by atoms with Crippen molar-refractivity contribution >= 4 is 11.9 Å². The van der Waals surface area contributed by atoms with Crippen molar-refractivity contribution in [3.8, 4) is 0 Å². The van der Waals surface area contributed by atoms with Crippen molar-refractivity contribution in [2.45, 2.75) is 39.5 Å². The van der Waals surface area contributed by atoms with Crippen molar-refractivity contribution in [2.24, 2.45) is 0 Å². The van der Waals surface area contributed by atoms with Gasteiger partial charge < -0.3 is 9.47 Å². The highest BCUT2D eigenvalue weighted by Gasteiger charge is 2.46. The first-order valence-electron chi connectivity index (χ1n) is 4.79. The first kappa shape index (κ1) is 16.4. The van der Waals surface area contributed by atoms with E-state index in [1.54, 1.807) is 0 Å². The van der Waals surface area contributed by atoms with E-state index in [9.17, 15) is 22.8 Å². The molecule has 0 N–H and O–H groups in total. The van der Waals surface area contributed by atoms with Gasteiger partial charge in [-0.05, 0) is 13.8 Å². The Bertz CT molecular complexity index is 342. The molecular formula is C10H13F3O5. The van der Waals surface area contributed by atoms with E-state index in [4.69, 9.17) is 0 Å². The molecule has 104 valence electrons. The number of hydrogen-bond donors (Lipinski definition) is 0. The van der Waals surface area contributed by atoms with Gasteiger partial charge in [0.1, 0.15) is 0 Å². The van der Waals surface area contributed by atoms with Crippen molar-refractivity contribution in [3.05, 3.63) is 12.2 Å². The molecule has 18 heavy (non-hydrogen) atoms. The van der Waals surface area contributed by atoms with Gasteiger partial charge in [0.15, 0.2) is 0 Å². The maximum absolute atomic E-state index is 13.0. The molecule has 0 bridgehead atoms. The molecule has 0 fully saturated rings. The number of esters is 2. The fourth-order valence-electron chi connectivity index (χ4n) is 0.764. The SMILES string of the molecule is C=C(C)C(=O)OC(C)OC(F)(F)C(F)OC(C)=O. The predicted octanol–water partition coefficient (Wildman–Crippen LogP) is 1.92. The fraction of sp³-hybridized carbons (Fsp3) is 0.600. The topological polar surface area (TPSA) is 61.8 Å². The number of alkyl halides is 3. The van der Waals surface area contributed by atoms with Crippen LogP contribution in [0.3, 0.4) is 0 Å². The van der Waals surface area contributed by atoms with Gasteiger partial charge in [0, 0.05) is 12.5 Å². The quantitative estimate of drug-likeness (QED) is 0.419. The first-order chi connectivity index (χ1) is 8.06. The molecule has 0 amide bonds. The molecule has 0 rings (SSSR count). The van der Waals surface area contributed by atoms with Crippen molar-refractivity contribution < 1.29 is 37.0 Å². The van der Waals surface area contributed by atoms with Crippen molar-refractivity contribution in [3.63, 3.8) is 0 Å². The van der Waals surface area contributed by atoms with E-state index in [0.29, 0.717) is 0 Å². The minimum absolute atomic E-state index is 0.0365. The molecule has 2 unspecified atom stereocenters. The van der Waals surface area contributed by atoms with Crippen LogP contribution in [-0.4, -0.2) is 30.7 Å². The summed E-state index contributed by atoms with van der Waals surface area (Å²) < 4.78 is 50.6. The van der Waals surface area contributed by atoms with Gasteiger partial charge in [0.25, 0.3) is 0 Å². The highest BCUT2D eigenvalue weighted by molar-refractivity contribution is 5.86. The van der Waals surface area contributed by atoms with Crippen LogP contribution in [0.5, 0.6) is 0 Å². The summed E-state index contributed by atoms with van der Waals surface area (Å²) in [5.41, 5.74) is -0.0365. The second kappa shape index (κ2) is 6.39. The summed E-state index contributed by atoms with van der Waals surface area (Å²) in [5.74, 6) is -2.21. The largest absolute Gasteiger partial charge is 0.432 e. The third kappa shape index (κ3) is 5.67. The van der Waals surface area contributed by atoms with Gasteiger partial charge in [-0.25, -0.2) is 4.79 Å². The molecule has 8 heteroatoms. The van der Waals surface area contributed by atoms with Gasteiger partial charge in [-0.15, -0.1) is 0 Å². The third-order valence-electron chi connectivity index (χ3n) is 1.48. The highest BCUT2D eigenvalue weighted by atomic mass is 19.3. The summed E-state index contributed by atoms with van der Waals surface area (Å²) in [6.07, 6.45) is -9.46. The van der Waals surface area contributed by atoms with Gasteiger partial charge >= 0.3 is 24.4 Å². The Morgan fingerprint density at radius 1 is 1.22 bits per heavy atom. The van der Waals surface area contributed by atoms with E-state index < -0.39 is 30.7 Å². The third-order valence-corrected chi connectivity index (χ3v) is 1.48. The molecule has 0 aromatic heterocycles. The summed E-state index contributed by atoms with van der Waals surface area (Å²) in [6.45, 7) is 6.22. The highest BCUT2D eigenvalue weighted by Crippen LogP contribution is 2.26. The van der Waals surface area contributed by atoms with Crippen LogP contribution in [0.1, 0.15) is 20.8 Å². The number of ether oxygens (including phenoxy) is 3. The van der Waals surface area contributed by atoms with E-state index in [2.05, 4.69) is 20.8 Å². The zero-order valence-corrected chi connectivity index (χ0v) is 10.0. The summed E-state index contributed by atoms with van der Waals surface area (Å²) in [6, 6.07) is 0. The second-order valence-electron chi connectivity index (χ2n) is 3.36. The molecule has 0 heterocycles. The molecule has 0 aliphatic carbocycles. The number of carbonyl (C=O) groups excluding carboxylic acids is 2. The molecule has 2 atom stereocenters. The maximum Gasteiger partial charge on any atom is 0.426 e. The molecule has 0 spiro atoms. The van der Waals surface area contributed by atoms with E-state index in [-0.39, 0.29) is 5.57 Å². The number of halogens is 3. The van der Waals surface area contributed by atoms with Crippen LogP contribution in [0.25, 0.3) is 0 Å². The average molecular weight is 270 g/mol. The van der Waals surface area contributed by atoms with Crippen molar-refractivity contribution in [2.75, 3.05) is 0 Å². The lowest BCUT2D eigenvalue weighted by Gasteiger charge is -2.23. The molecule has 0 saturated heterocycles. The van der Waals surface area contributed by atoms with Gasteiger partial charge in [0.05, 0.1) is 0 Å². The van der Waals surface area contributed by atoms with E-state index in [0.717, 1.165) is 13.8 Å². The predicted molar refractivity (Wildman–Crippen MR) is 53.1 cm³/mol. The standard InChI is InChI=1S/C10H13F3O5/c1-5(2)8(15)17-7(4)18-10(12,13)9(11)16-6(3)14/h7,9H,1H2,2-4H3. The van der Waals surface area contributed by atoms with Gasteiger partial charge in [-0.1, -0.05) is 6.58 Å². The van der Waals surface area contributed by atoms with Gasteiger partial charge in [0.2, 0.25) is 6.29 Å². The molecule has 0 aromatic carbocycles. The Kier molecular flexibility index (Phi) is 5.83. The van der Waals surface area contributed by atoms with Crippen LogP contribution in [0.15, 0.2) is 12.2 Å². The van der Waals surface area contributed by atoms with Crippen LogP contribution >= 0.6 is 0 Å². The molecule has 0 radical (unpaired) electrons. The molecular weight excluding hydrogens is 257 g/mol. The van der Waals surface area contributed by atoms with Crippen LogP contribution in [0.4, 0.5) is 13.2 Å². The van der Waals surface area contributed by atoms with E-state index in [1.165, 1.54) is 6.92 Å². The minimum Gasteiger partial charge on any atom is -0.432 e. The normalized spacial score (nSPS) is 14.6. The Morgan fingerprint density at radius 2 is 1.72 bits per heavy atom. The molecule has 0 aliphatic heterocycles. The number of carbonyl (C=O) groups is 2. The fourth-order valence-corrected chi connectivity index (χ4v) is 0.764. The average Bonchev–Trinajstić information content (AvgIpc) is 2.14. The molecule has 0 saturated carbocycles. The summed E-state index contributed by atoms with van der Waals surface area (Å²) >= 11 is 0. The lowest BCUT2D eigenvalue weighted by atomic mass is 10.4. The zero-order valence-electron chi connectivity index (χ0n) is 10.0. The molecule has 0 aliphatic rings. The van der Waals surface area contributed by atoms with E-state index in [1.807, 2.05) is 0 Å². The summed E-state index contributed by atoms with van der Waals surface area (Å²) in [7, 11) is 0. The second-order valence-corrected chi connectivity index (χ2v) is 3.36. The molecule has 0 aromatic rings. The maximum atomic E-state index is 13.0. The molecule has 5 nitrogen and oxygen atoms in total. The van der Waals surface area contributed by atoms with Crippen molar-refractivity contribution in [1.29, 1.82) is 0 Å². The monoisotopic (exact) mass is 270 g/mol. The minimum atomic E-state index is -4.43. The summed E-state index contributed by atoms with van der Waals surface area (Å²) in [5, 5.41) is 0. The lowest BCUT2D eigenvalue weighted by molar-refractivity contribution is -0.360. The first-order valence-corrected chi connectivity index (χ1v) is 4.79. The smallest absolute Gasteiger partial charge is 0.426 e. The Morgan fingerprint density at radius 3 is 2.11 bits per heavy atom.